The smallest absolute Gasteiger partial charge is 0.410 e. The lowest BCUT2D eigenvalue weighted by Gasteiger charge is -2.30. The fraction of sp³-hybridized carbons (Fsp3) is 0.381. The molecule has 0 atom stereocenters. The van der Waals surface area contributed by atoms with Gasteiger partial charge in [0, 0.05) is 17.0 Å². The van der Waals surface area contributed by atoms with Crippen LogP contribution in [0.2, 0.25) is 0 Å². The van der Waals surface area contributed by atoms with Gasteiger partial charge in [-0.1, -0.05) is 12.1 Å². The van der Waals surface area contributed by atoms with Gasteiger partial charge in [-0.3, -0.25) is 0 Å². The maximum absolute atomic E-state index is 12.5. The SMILES string of the molecule is COC(=O)c1sc2c(c1-c1nc3ccccc3s1)CCN(C(=O)OC(C)(C)C)C2. The van der Waals surface area contributed by atoms with E-state index in [-0.39, 0.29) is 12.1 Å². The summed E-state index contributed by atoms with van der Waals surface area (Å²) in [6, 6.07) is 7.93. The predicted molar refractivity (Wildman–Crippen MR) is 115 cm³/mol. The van der Waals surface area contributed by atoms with Crippen LogP contribution < -0.4 is 0 Å². The minimum Gasteiger partial charge on any atom is -0.465 e. The van der Waals surface area contributed by atoms with E-state index in [0.717, 1.165) is 31.2 Å². The molecule has 0 fully saturated rings. The molecule has 0 unspecified atom stereocenters. The number of nitrogens with zero attached hydrogens (tertiary/aromatic N) is 2. The van der Waals surface area contributed by atoms with Crippen LogP contribution in [0.3, 0.4) is 0 Å². The van der Waals surface area contributed by atoms with E-state index in [2.05, 4.69) is 0 Å². The molecule has 3 heterocycles. The van der Waals surface area contributed by atoms with Gasteiger partial charge in [0.05, 0.1) is 23.9 Å². The van der Waals surface area contributed by atoms with Gasteiger partial charge < -0.3 is 14.4 Å². The average molecular weight is 431 g/mol. The summed E-state index contributed by atoms with van der Waals surface area (Å²) in [6.45, 7) is 6.52. The molecule has 0 aliphatic carbocycles. The summed E-state index contributed by atoms with van der Waals surface area (Å²) in [6.07, 6.45) is 0.311. The highest BCUT2D eigenvalue weighted by Crippen LogP contribution is 2.43. The first-order chi connectivity index (χ1) is 13.8. The summed E-state index contributed by atoms with van der Waals surface area (Å²) in [7, 11) is 1.39. The van der Waals surface area contributed by atoms with Gasteiger partial charge >= 0.3 is 12.1 Å². The van der Waals surface area contributed by atoms with Gasteiger partial charge in [0.25, 0.3) is 0 Å². The lowest BCUT2D eigenvalue weighted by molar-refractivity contribution is 0.0226. The van der Waals surface area contributed by atoms with E-state index in [1.807, 2.05) is 45.0 Å². The zero-order chi connectivity index (χ0) is 20.8. The molecule has 0 saturated heterocycles. The van der Waals surface area contributed by atoms with Crippen molar-refractivity contribution < 1.29 is 19.1 Å². The second-order valence-electron chi connectivity index (χ2n) is 7.84. The number of benzene rings is 1. The molecule has 2 aromatic heterocycles. The molecule has 0 bridgehead atoms. The topological polar surface area (TPSA) is 68.7 Å². The van der Waals surface area contributed by atoms with Crippen LogP contribution in [0.4, 0.5) is 4.79 Å². The Bertz CT molecular complexity index is 1060. The van der Waals surface area contributed by atoms with Crippen molar-refractivity contribution >= 4 is 45.0 Å². The van der Waals surface area contributed by atoms with Crippen LogP contribution in [0.25, 0.3) is 20.8 Å². The zero-order valence-electron chi connectivity index (χ0n) is 16.8. The van der Waals surface area contributed by atoms with E-state index in [9.17, 15) is 9.59 Å². The third kappa shape index (κ3) is 3.86. The number of thiazole rings is 1. The van der Waals surface area contributed by atoms with Crippen LogP contribution in [-0.2, 0) is 22.4 Å². The van der Waals surface area contributed by atoms with Crippen LogP contribution in [0, 0.1) is 0 Å². The van der Waals surface area contributed by atoms with E-state index < -0.39 is 5.60 Å². The number of methoxy groups -OCH3 is 1. The van der Waals surface area contributed by atoms with Crippen molar-refractivity contribution in [3.63, 3.8) is 0 Å². The van der Waals surface area contributed by atoms with Gasteiger partial charge in [-0.2, -0.15) is 0 Å². The fourth-order valence-corrected chi connectivity index (χ4v) is 5.72. The first-order valence-corrected chi connectivity index (χ1v) is 11.0. The Morgan fingerprint density at radius 2 is 1.93 bits per heavy atom. The van der Waals surface area contributed by atoms with Crippen molar-refractivity contribution in [1.29, 1.82) is 0 Å². The molecule has 0 saturated carbocycles. The standard InChI is InChI=1S/C21H22N2O4S2/c1-21(2,3)27-20(25)23-10-9-12-15(11-23)28-17(19(24)26-4)16(12)18-22-13-7-5-6-8-14(13)29-18/h5-8H,9-11H2,1-4H3. The minimum absolute atomic E-state index is 0.335. The van der Waals surface area contributed by atoms with Crippen molar-refractivity contribution in [3.8, 4) is 10.6 Å². The number of rotatable bonds is 2. The van der Waals surface area contributed by atoms with E-state index in [0.29, 0.717) is 24.4 Å². The van der Waals surface area contributed by atoms with Crippen LogP contribution >= 0.6 is 22.7 Å². The number of carbonyl (C=O) groups excluding carboxylic acids is 2. The number of thiophene rings is 1. The second kappa shape index (κ2) is 7.42. The van der Waals surface area contributed by atoms with Crippen LogP contribution in [0.1, 0.15) is 40.9 Å². The van der Waals surface area contributed by atoms with Gasteiger partial charge in [-0.15, -0.1) is 22.7 Å². The molecule has 3 aromatic rings. The van der Waals surface area contributed by atoms with Crippen LogP contribution in [0.5, 0.6) is 0 Å². The number of amides is 1. The Morgan fingerprint density at radius 1 is 1.17 bits per heavy atom. The Morgan fingerprint density at radius 3 is 2.62 bits per heavy atom. The summed E-state index contributed by atoms with van der Waals surface area (Å²) in [5.74, 6) is -0.373. The number of para-hydroxylation sites is 1. The Balaban J connectivity index is 1.74. The number of esters is 1. The number of ether oxygens (including phenoxy) is 2. The monoisotopic (exact) mass is 430 g/mol. The van der Waals surface area contributed by atoms with Crippen LogP contribution in [-0.4, -0.2) is 41.2 Å². The highest BCUT2D eigenvalue weighted by atomic mass is 32.1. The molecule has 0 radical (unpaired) electrons. The van der Waals surface area contributed by atoms with Gasteiger partial charge in [0.1, 0.15) is 15.5 Å². The molecule has 0 N–H and O–H groups in total. The largest absolute Gasteiger partial charge is 0.465 e. The lowest BCUT2D eigenvalue weighted by atomic mass is 10.0. The Labute approximate surface area is 177 Å². The molecule has 1 aromatic carbocycles. The Kier molecular flexibility index (Phi) is 5.08. The third-order valence-electron chi connectivity index (χ3n) is 4.59. The third-order valence-corrected chi connectivity index (χ3v) is 6.84. The van der Waals surface area contributed by atoms with E-state index >= 15 is 0 Å². The number of fused-ring (bicyclic) bond motifs is 2. The molecule has 29 heavy (non-hydrogen) atoms. The number of hydrogen-bond donors (Lipinski definition) is 0. The average Bonchev–Trinajstić information content (AvgIpc) is 3.26. The van der Waals surface area contributed by atoms with Crippen molar-refractivity contribution in [1.82, 2.24) is 9.88 Å². The number of aromatic nitrogens is 1. The van der Waals surface area contributed by atoms with Crippen molar-refractivity contribution in [2.75, 3.05) is 13.7 Å². The molecule has 8 heteroatoms. The van der Waals surface area contributed by atoms with E-state index in [1.165, 1.54) is 18.4 Å². The van der Waals surface area contributed by atoms with Crippen LogP contribution in [0.15, 0.2) is 24.3 Å². The van der Waals surface area contributed by atoms with Gasteiger partial charge in [-0.05, 0) is 44.9 Å². The predicted octanol–water partition coefficient (Wildman–Crippen LogP) is 5.10. The van der Waals surface area contributed by atoms with E-state index in [1.54, 1.807) is 16.2 Å². The summed E-state index contributed by atoms with van der Waals surface area (Å²) >= 11 is 2.95. The minimum atomic E-state index is -0.545. The molecule has 1 aliphatic heterocycles. The lowest BCUT2D eigenvalue weighted by Crippen LogP contribution is -2.39. The molecule has 4 rings (SSSR count). The van der Waals surface area contributed by atoms with Gasteiger partial charge in [-0.25, -0.2) is 14.6 Å². The summed E-state index contributed by atoms with van der Waals surface area (Å²) < 4.78 is 11.6. The van der Waals surface area contributed by atoms with Crippen molar-refractivity contribution in [3.05, 3.63) is 39.6 Å². The number of hydrogen-bond acceptors (Lipinski definition) is 7. The zero-order valence-corrected chi connectivity index (χ0v) is 18.4. The molecule has 6 nitrogen and oxygen atoms in total. The first kappa shape index (κ1) is 19.8. The maximum Gasteiger partial charge on any atom is 0.410 e. The summed E-state index contributed by atoms with van der Waals surface area (Å²) in [5, 5.41) is 0.815. The molecular weight excluding hydrogens is 408 g/mol. The summed E-state index contributed by atoms with van der Waals surface area (Å²) in [5.41, 5.74) is 2.29. The van der Waals surface area contributed by atoms with Crippen molar-refractivity contribution in [2.24, 2.45) is 0 Å². The highest BCUT2D eigenvalue weighted by molar-refractivity contribution is 7.22. The van der Waals surface area contributed by atoms with Gasteiger partial charge in [0.15, 0.2) is 0 Å². The maximum atomic E-state index is 12.5. The first-order valence-electron chi connectivity index (χ1n) is 9.33. The number of carbonyl (C=O) groups is 2. The quantitative estimate of drug-likeness (QED) is 0.529. The normalized spacial score (nSPS) is 14.0. The molecule has 152 valence electrons. The summed E-state index contributed by atoms with van der Waals surface area (Å²) in [4.78, 5) is 33.0. The van der Waals surface area contributed by atoms with Gasteiger partial charge in [0.2, 0.25) is 0 Å². The molecule has 1 amide bonds. The van der Waals surface area contributed by atoms with E-state index in [4.69, 9.17) is 14.5 Å². The Hall–Kier alpha value is -2.45. The molecule has 1 aliphatic rings. The molecular formula is C21H22N2O4S2. The fourth-order valence-electron chi connectivity index (χ4n) is 3.33. The van der Waals surface area contributed by atoms with Crippen molar-refractivity contribution in [2.45, 2.75) is 39.3 Å². The molecule has 0 spiro atoms. The highest BCUT2D eigenvalue weighted by Gasteiger charge is 2.32. The second-order valence-corrected chi connectivity index (χ2v) is 9.97.